The van der Waals surface area contributed by atoms with Crippen LogP contribution in [0.4, 0.5) is 10.7 Å². The molecule has 2 heterocycles. The predicted octanol–water partition coefficient (Wildman–Crippen LogP) is 4.39. The van der Waals surface area contributed by atoms with Crippen LogP contribution in [0.5, 0.6) is 0 Å². The van der Waals surface area contributed by atoms with E-state index in [1.165, 1.54) is 24.4 Å². The van der Waals surface area contributed by atoms with Crippen molar-refractivity contribution >= 4 is 40.1 Å². The quantitative estimate of drug-likeness (QED) is 0.218. The van der Waals surface area contributed by atoms with Gasteiger partial charge < -0.3 is 19.3 Å². The molecule has 0 unspecified atom stereocenters. The van der Waals surface area contributed by atoms with Crippen LogP contribution in [0, 0.1) is 17.0 Å². The molecule has 10 nitrogen and oxygen atoms in total. The van der Waals surface area contributed by atoms with Crippen molar-refractivity contribution < 1.29 is 28.5 Å². The summed E-state index contributed by atoms with van der Waals surface area (Å²) in [6.45, 7) is 3.22. The van der Waals surface area contributed by atoms with Gasteiger partial charge in [0.05, 0.1) is 17.7 Å². The number of rotatable bonds is 9. The lowest BCUT2D eigenvalue weighted by atomic mass is 10.1. The molecule has 0 radical (unpaired) electrons. The highest BCUT2D eigenvalue weighted by molar-refractivity contribution is 7.15. The average molecular weight is 457 g/mol. The maximum Gasteiger partial charge on any atom is 0.341 e. The first-order chi connectivity index (χ1) is 15.4. The SMILES string of the molecule is CCOC(=O)c1c(-c2ccc(C)o2)csc1NC(=O)CON=Cc1cccc([N+](=O)[O-])c1. The third kappa shape index (κ3) is 5.58. The van der Waals surface area contributed by atoms with Gasteiger partial charge in [-0.25, -0.2) is 4.79 Å². The topological polar surface area (TPSA) is 133 Å². The number of benzene rings is 1. The normalized spacial score (nSPS) is 10.8. The molecule has 1 amide bonds. The first kappa shape index (κ1) is 22.7. The molecule has 0 fully saturated rings. The summed E-state index contributed by atoms with van der Waals surface area (Å²) in [6, 6.07) is 9.30. The first-order valence-corrected chi connectivity index (χ1v) is 10.3. The molecule has 166 valence electrons. The van der Waals surface area contributed by atoms with E-state index in [9.17, 15) is 19.7 Å². The van der Waals surface area contributed by atoms with E-state index in [1.807, 2.05) is 0 Å². The van der Waals surface area contributed by atoms with Crippen molar-refractivity contribution in [2.75, 3.05) is 18.5 Å². The van der Waals surface area contributed by atoms with Crippen LogP contribution in [-0.2, 0) is 14.4 Å². The van der Waals surface area contributed by atoms with Crippen LogP contribution in [0.25, 0.3) is 11.3 Å². The number of nitro groups is 1. The van der Waals surface area contributed by atoms with Crippen LogP contribution in [0.1, 0.15) is 28.6 Å². The Labute approximate surface area is 186 Å². The predicted molar refractivity (Wildman–Crippen MR) is 118 cm³/mol. The number of nitrogens with one attached hydrogen (secondary N) is 1. The van der Waals surface area contributed by atoms with Gasteiger partial charge in [0.15, 0.2) is 6.61 Å². The first-order valence-electron chi connectivity index (χ1n) is 9.44. The second-order valence-electron chi connectivity index (χ2n) is 6.39. The summed E-state index contributed by atoms with van der Waals surface area (Å²) in [5.41, 5.74) is 1.07. The Kier molecular flexibility index (Phi) is 7.34. The van der Waals surface area contributed by atoms with Crippen molar-refractivity contribution in [3.8, 4) is 11.3 Å². The van der Waals surface area contributed by atoms with E-state index in [0.29, 0.717) is 27.6 Å². The summed E-state index contributed by atoms with van der Waals surface area (Å²) in [7, 11) is 0. The lowest BCUT2D eigenvalue weighted by molar-refractivity contribution is -0.384. The third-order valence-corrected chi connectivity index (χ3v) is 4.98. The van der Waals surface area contributed by atoms with Crippen LogP contribution < -0.4 is 5.32 Å². The molecule has 2 aromatic heterocycles. The number of anilines is 1. The number of ether oxygens (including phenoxy) is 1. The average Bonchev–Trinajstić information content (AvgIpc) is 3.37. The fourth-order valence-corrected chi connectivity index (χ4v) is 3.65. The number of non-ortho nitro benzene ring substituents is 1. The Hall–Kier alpha value is -3.99. The minimum atomic E-state index is -0.585. The number of amides is 1. The summed E-state index contributed by atoms with van der Waals surface area (Å²) in [5.74, 6) is 0.0372. The maximum atomic E-state index is 12.5. The van der Waals surface area contributed by atoms with Gasteiger partial charge in [-0.3, -0.25) is 14.9 Å². The monoisotopic (exact) mass is 457 g/mol. The van der Waals surface area contributed by atoms with E-state index in [-0.39, 0.29) is 17.9 Å². The highest BCUT2D eigenvalue weighted by Gasteiger charge is 2.24. The van der Waals surface area contributed by atoms with Crippen LogP contribution in [-0.4, -0.2) is 36.2 Å². The fraction of sp³-hybridized carbons (Fsp3) is 0.190. The van der Waals surface area contributed by atoms with Gasteiger partial charge in [-0.2, -0.15) is 0 Å². The highest BCUT2D eigenvalue weighted by Crippen LogP contribution is 2.37. The van der Waals surface area contributed by atoms with E-state index in [0.717, 1.165) is 11.3 Å². The maximum absolute atomic E-state index is 12.5. The van der Waals surface area contributed by atoms with Gasteiger partial charge in [-0.1, -0.05) is 17.3 Å². The molecule has 32 heavy (non-hydrogen) atoms. The molecule has 0 atom stereocenters. The molecule has 0 bridgehead atoms. The van der Waals surface area contributed by atoms with Crippen molar-refractivity contribution in [1.29, 1.82) is 0 Å². The van der Waals surface area contributed by atoms with Crippen molar-refractivity contribution in [3.63, 3.8) is 0 Å². The molecule has 0 aliphatic rings. The smallest absolute Gasteiger partial charge is 0.341 e. The number of nitrogens with zero attached hydrogens (tertiary/aromatic N) is 2. The zero-order valence-electron chi connectivity index (χ0n) is 17.2. The second kappa shape index (κ2) is 10.4. The number of hydrogen-bond acceptors (Lipinski definition) is 9. The van der Waals surface area contributed by atoms with E-state index in [2.05, 4.69) is 10.5 Å². The van der Waals surface area contributed by atoms with E-state index < -0.39 is 23.4 Å². The van der Waals surface area contributed by atoms with Crippen LogP contribution in [0.3, 0.4) is 0 Å². The minimum absolute atomic E-state index is 0.0848. The Balaban J connectivity index is 1.67. The number of thiophene rings is 1. The van der Waals surface area contributed by atoms with Crippen molar-refractivity contribution in [2.24, 2.45) is 5.16 Å². The molecule has 0 aliphatic carbocycles. The number of aryl methyl sites for hydroxylation is 1. The van der Waals surface area contributed by atoms with Gasteiger partial charge >= 0.3 is 5.97 Å². The lowest BCUT2D eigenvalue weighted by Gasteiger charge is -2.07. The summed E-state index contributed by atoms with van der Waals surface area (Å²) in [4.78, 5) is 40.0. The molecule has 0 saturated carbocycles. The van der Waals surface area contributed by atoms with Gasteiger partial charge in [-0.05, 0) is 26.0 Å². The molecule has 0 aliphatic heterocycles. The van der Waals surface area contributed by atoms with E-state index in [4.69, 9.17) is 14.0 Å². The van der Waals surface area contributed by atoms with Gasteiger partial charge in [-0.15, -0.1) is 11.3 Å². The zero-order valence-corrected chi connectivity index (χ0v) is 18.0. The molecule has 3 aromatic rings. The van der Waals surface area contributed by atoms with Gasteiger partial charge in [0.2, 0.25) is 0 Å². The summed E-state index contributed by atoms with van der Waals surface area (Å²) < 4.78 is 10.7. The van der Waals surface area contributed by atoms with Crippen molar-refractivity contribution in [3.05, 3.63) is 68.8 Å². The van der Waals surface area contributed by atoms with Crippen LogP contribution in [0.2, 0.25) is 0 Å². The van der Waals surface area contributed by atoms with Crippen LogP contribution in [0.15, 0.2) is 51.4 Å². The van der Waals surface area contributed by atoms with Gasteiger partial charge in [0.1, 0.15) is 22.1 Å². The summed E-state index contributed by atoms with van der Waals surface area (Å²) >= 11 is 1.15. The number of nitro benzene ring substituents is 1. The molecule has 1 N–H and O–H groups in total. The zero-order chi connectivity index (χ0) is 23.1. The number of carbonyl (C=O) groups excluding carboxylic acids is 2. The van der Waals surface area contributed by atoms with Crippen LogP contribution >= 0.6 is 11.3 Å². The molecule has 0 spiro atoms. The van der Waals surface area contributed by atoms with E-state index in [1.54, 1.807) is 37.4 Å². The summed E-state index contributed by atoms with van der Waals surface area (Å²) in [6.07, 6.45) is 1.26. The van der Waals surface area contributed by atoms with E-state index >= 15 is 0 Å². The highest BCUT2D eigenvalue weighted by atomic mass is 32.1. The third-order valence-electron chi connectivity index (χ3n) is 4.08. The molecule has 1 aromatic carbocycles. The molecule has 11 heteroatoms. The Morgan fingerprint density at radius 3 is 2.81 bits per heavy atom. The number of furan rings is 1. The summed E-state index contributed by atoms with van der Waals surface area (Å²) in [5, 5.41) is 19.1. The fourth-order valence-electron chi connectivity index (χ4n) is 2.69. The van der Waals surface area contributed by atoms with Crippen molar-refractivity contribution in [2.45, 2.75) is 13.8 Å². The number of esters is 1. The van der Waals surface area contributed by atoms with Gasteiger partial charge in [0.25, 0.3) is 11.6 Å². The minimum Gasteiger partial charge on any atom is -0.462 e. The standard InChI is InChI=1S/C21H19N3O7S/c1-3-29-21(26)19-16(17-8-7-13(2)31-17)12-32-20(19)23-18(25)11-30-22-10-14-5-4-6-15(9-14)24(27)28/h4-10,12H,3,11H2,1-2H3,(H,23,25). The largest absolute Gasteiger partial charge is 0.462 e. The number of carbonyl (C=O) groups is 2. The Morgan fingerprint density at radius 1 is 1.31 bits per heavy atom. The molecule has 3 rings (SSSR count). The Morgan fingerprint density at radius 2 is 2.12 bits per heavy atom. The molecule has 0 saturated heterocycles. The second-order valence-corrected chi connectivity index (χ2v) is 7.27. The lowest BCUT2D eigenvalue weighted by Crippen LogP contribution is -2.18. The van der Waals surface area contributed by atoms with Crippen molar-refractivity contribution in [1.82, 2.24) is 0 Å². The molecular weight excluding hydrogens is 438 g/mol. The van der Waals surface area contributed by atoms with Gasteiger partial charge in [0, 0.05) is 28.6 Å². The number of hydrogen-bond donors (Lipinski definition) is 1. The Bertz CT molecular complexity index is 1170. The molecular formula is C21H19N3O7S. The number of oxime groups is 1.